The van der Waals surface area contributed by atoms with Crippen molar-refractivity contribution in [3.63, 3.8) is 0 Å². The Balaban J connectivity index is 2.77. The molecule has 4 nitrogen and oxygen atoms in total. The minimum Gasteiger partial charge on any atom is -0.397 e. The minimum absolute atomic E-state index is 0.0977. The first-order valence-electron chi connectivity index (χ1n) is 6.77. The van der Waals surface area contributed by atoms with Gasteiger partial charge in [-0.25, -0.2) is 0 Å². The number of para-hydroxylation sites is 2. The number of nitrogens with two attached hydrogens (primary N) is 1. The number of hydrogen-bond donors (Lipinski definition) is 1. The van der Waals surface area contributed by atoms with Crippen LogP contribution in [-0.4, -0.2) is 25.7 Å². The van der Waals surface area contributed by atoms with E-state index in [4.69, 9.17) is 10.5 Å². The van der Waals surface area contributed by atoms with E-state index in [9.17, 15) is 4.79 Å². The smallest absolute Gasteiger partial charge is 0.227 e. The lowest BCUT2D eigenvalue weighted by atomic mass is 10.1. The molecule has 0 aliphatic rings. The van der Waals surface area contributed by atoms with Crippen molar-refractivity contribution in [3.05, 3.63) is 24.3 Å². The van der Waals surface area contributed by atoms with Gasteiger partial charge in [-0.15, -0.1) is 0 Å². The lowest BCUT2D eigenvalue weighted by Gasteiger charge is -2.24. The van der Waals surface area contributed by atoms with Crippen LogP contribution in [-0.2, 0) is 9.53 Å². The van der Waals surface area contributed by atoms with Crippen molar-refractivity contribution in [3.8, 4) is 0 Å². The zero-order valence-electron chi connectivity index (χ0n) is 12.1. The van der Waals surface area contributed by atoms with Crippen molar-refractivity contribution in [2.75, 3.05) is 24.3 Å². The van der Waals surface area contributed by atoms with Gasteiger partial charge in [0.15, 0.2) is 0 Å². The topological polar surface area (TPSA) is 55.6 Å². The van der Waals surface area contributed by atoms with Gasteiger partial charge in [0.05, 0.1) is 17.5 Å². The summed E-state index contributed by atoms with van der Waals surface area (Å²) in [5, 5.41) is 0. The summed E-state index contributed by atoms with van der Waals surface area (Å²) in [4.78, 5) is 14.1. The second kappa shape index (κ2) is 7.79. The molecular weight excluding hydrogens is 240 g/mol. The molecule has 0 saturated carbocycles. The van der Waals surface area contributed by atoms with Crippen molar-refractivity contribution in [2.24, 2.45) is 0 Å². The van der Waals surface area contributed by atoms with Crippen LogP contribution in [0.15, 0.2) is 24.3 Å². The van der Waals surface area contributed by atoms with Crippen LogP contribution in [0.4, 0.5) is 11.4 Å². The molecule has 2 N–H and O–H groups in total. The number of hydrogen-bond acceptors (Lipinski definition) is 3. The number of benzene rings is 1. The summed E-state index contributed by atoms with van der Waals surface area (Å²) < 4.78 is 5.17. The van der Waals surface area contributed by atoms with E-state index in [0.717, 1.165) is 18.5 Å². The highest BCUT2D eigenvalue weighted by Gasteiger charge is 2.17. The van der Waals surface area contributed by atoms with Gasteiger partial charge in [-0.1, -0.05) is 19.1 Å². The van der Waals surface area contributed by atoms with Crippen molar-refractivity contribution in [1.82, 2.24) is 0 Å². The van der Waals surface area contributed by atoms with Gasteiger partial charge in [-0.2, -0.15) is 0 Å². The fourth-order valence-corrected chi connectivity index (χ4v) is 1.92. The van der Waals surface area contributed by atoms with Crippen LogP contribution in [0, 0.1) is 0 Å². The molecule has 1 rings (SSSR count). The normalized spacial score (nSPS) is 12.2. The molecule has 1 aromatic carbocycles. The van der Waals surface area contributed by atoms with Crippen molar-refractivity contribution in [1.29, 1.82) is 0 Å². The number of nitrogen functional groups attached to an aromatic ring is 1. The fraction of sp³-hybridized carbons (Fsp3) is 0.533. The second-order valence-electron chi connectivity index (χ2n) is 4.69. The van der Waals surface area contributed by atoms with Gasteiger partial charge in [-0.3, -0.25) is 4.79 Å². The Kier molecular flexibility index (Phi) is 6.36. The number of amides is 1. The van der Waals surface area contributed by atoms with Crippen molar-refractivity contribution >= 4 is 17.3 Å². The molecule has 1 aromatic rings. The number of methoxy groups -OCH3 is 1. The predicted molar refractivity (Wildman–Crippen MR) is 79.2 cm³/mol. The summed E-state index contributed by atoms with van der Waals surface area (Å²) in [5.74, 6) is 0.101. The highest BCUT2D eigenvalue weighted by atomic mass is 16.5. The SMILES string of the molecule is CCCN(C(=O)CCC(C)OC)c1ccccc1N. The zero-order chi connectivity index (χ0) is 14.3. The van der Waals surface area contributed by atoms with Crippen LogP contribution in [0.2, 0.25) is 0 Å². The molecule has 106 valence electrons. The van der Waals surface area contributed by atoms with E-state index in [-0.39, 0.29) is 12.0 Å². The Hall–Kier alpha value is -1.55. The van der Waals surface area contributed by atoms with Crippen molar-refractivity contribution < 1.29 is 9.53 Å². The molecule has 0 aliphatic carbocycles. The molecule has 1 amide bonds. The first-order valence-corrected chi connectivity index (χ1v) is 6.77. The molecule has 0 aromatic heterocycles. The van der Waals surface area contributed by atoms with Crippen LogP contribution in [0.25, 0.3) is 0 Å². The lowest BCUT2D eigenvalue weighted by Crippen LogP contribution is -2.32. The van der Waals surface area contributed by atoms with Crippen LogP contribution >= 0.6 is 0 Å². The summed E-state index contributed by atoms with van der Waals surface area (Å²) in [6, 6.07) is 7.49. The number of ether oxygens (including phenoxy) is 1. The highest BCUT2D eigenvalue weighted by Crippen LogP contribution is 2.23. The largest absolute Gasteiger partial charge is 0.397 e. The Morgan fingerprint density at radius 2 is 2.11 bits per heavy atom. The number of carbonyl (C=O) groups is 1. The quantitative estimate of drug-likeness (QED) is 0.770. The summed E-state index contributed by atoms with van der Waals surface area (Å²) >= 11 is 0. The molecule has 0 saturated heterocycles. The Morgan fingerprint density at radius 3 is 2.68 bits per heavy atom. The first-order chi connectivity index (χ1) is 9.10. The number of nitrogens with zero attached hydrogens (tertiary/aromatic N) is 1. The average molecular weight is 264 g/mol. The molecule has 1 atom stereocenters. The second-order valence-corrected chi connectivity index (χ2v) is 4.69. The van der Waals surface area contributed by atoms with E-state index in [1.54, 1.807) is 12.0 Å². The highest BCUT2D eigenvalue weighted by molar-refractivity contribution is 5.96. The third-order valence-electron chi connectivity index (χ3n) is 3.14. The van der Waals surface area contributed by atoms with Gasteiger partial charge >= 0.3 is 0 Å². The Bertz CT molecular complexity index is 407. The molecule has 0 aliphatic heterocycles. The van der Waals surface area contributed by atoms with Crippen LogP contribution in [0.1, 0.15) is 33.1 Å². The maximum absolute atomic E-state index is 12.3. The standard InChI is InChI=1S/C15H24N2O2/c1-4-11-17(14-8-6-5-7-13(14)16)15(18)10-9-12(2)19-3/h5-8,12H,4,9-11,16H2,1-3H3. The molecule has 0 fully saturated rings. The van der Waals surface area contributed by atoms with Crippen LogP contribution < -0.4 is 10.6 Å². The van der Waals surface area contributed by atoms with E-state index >= 15 is 0 Å². The summed E-state index contributed by atoms with van der Waals surface area (Å²) in [5.41, 5.74) is 7.40. The van der Waals surface area contributed by atoms with E-state index in [0.29, 0.717) is 18.7 Å². The van der Waals surface area contributed by atoms with E-state index < -0.39 is 0 Å². The van der Waals surface area contributed by atoms with Crippen LogP contribution in [0.3, 0.4) is 0 Å². The Labute approximate surface area is 115 Å². The average Bonchev–Trinajstić information content (AvgIpc) is 2.42. The lowest BCUT2D eigenvalue weighted by molar-refractivity contribution is -0.119. The molecule has 19 heavy (non-hydrogen) atoms. The maximum atomic E-state index is 12.3. The van der Waals surface area contributed by atoms with Gasteiger partial charge in [-0.05, 0) is 31.9 Å². The van der Waals surface area contributed by atoms with E-state index in [1.165, 1.54) is 0 Å². The maximum Gasteiger partial charge on any atom is 0.227 e. The number of carbonyl (C=O) groups excluding carboxylic acids is 1. The predicted octanol–water partition coefficient (Wildman–Crippen LogP) is 2.83. The third-order valence-corrected chi connectivity index (χ3v) is 3.14. The molecule has 0 radical (unpaired) electrons. The van der Waals surface area contributed by atoms with Crippen molar-refractivity contribution in [2.45, 2.75) is 39.2 Å². The summed E-state index contributed by atoms with van der Waals surface area (Å²) in [6.45, 7) is 4.71. The van der Waals surface area contributed by atoms with Gasteiger partial charge in [0.1, 0.15) is 0 Å². The summed E-state index contributed by atoms with van der Waals surface area (Å²) in [7, 11) is 1.66. The fourth-order valence-electron chi connectivity index (χ4n) is 1.92. The van der Waals surface area contributed by atoms with Crippen LogP contribution in [0.5, 0.6) is 0 Å². The Morgan fingerprint density at radius 1 is 1.42 bits per heavy atom. The van der Waals surface area contributed by atoms with Gasteiger partial charge in [0.2, 0.25) is 5.91 Å². The molecule has 1 unspecified atom stereocenters. The first kappa shape index (κ1) is 15.5. The minimum atomic E-state index is 0.0977. The monoisotopic (exact) mass is 264 g/mol. The number of rotatable bonds is 7. The van der Waals surface area contributed by atoms with E-state index in [2.05, 4.69) is 6.92 Å². The van der Waals surface area contributed by atoms with Gasteiger partial charge in [0.25, 0.3) is 0 Å². The molecule has 0 spiro atoms. The number of anilines is 2. The molecule has 0 heterocycles. The molecule has 4 heteroatoms. The zero-order valence-corrected chi connectivity index (χ0v) is 12.1. The van der Waals surface area contributed by atoms with E-state index in [1.807, 2.05) is 31.2 Å². The molecule has 0 bridgehead atoms. The molecular formula is C15H24N2O2. The van der Waals surface area contributed by atoms with Gasteiger partial charge in [0, 0.05) is 20.1 Å². The third kappa shape index (κ3) is 4.56. The summed E-state index contributed by atoms with van der Waals surface area (Å²) in [6.07, 6.45) is 2.20. The van der Waals surface area contributed by atoms with Gasteiger partial charge < -0.3 is 15.4 Å².